The van der Waals surface area contributed by atoms with E-state index < -0.39 is 0 Å². The van der Waals surface area contributed by atoms with E-state index >= 15 is 0 Å². The Bertz CT molecular complexity index is 756. The van der Waals surface area contributed by atoms with E-state index in [0.717, 1.165) is 25.2 Å². The molecule has 0 saturated heterocycles. The zero-order valence-electron chi connectivity index (χ0n) is 11.1. The highest BCUT2D eigenvalue weighted by Crippen LogP contribution is 2.08. The van der Waals surface area contributed by atoms with Crippen LogP contribution < -0.4 is 11.0 Å². The number of hydrogen-bond acceptors (Lipinski definition) is 5. The van der Waals surface area contributed by atoms with E-state index in [9.17, 15) is 4.79 Å². The van der Waals surface area contributed by atoms with Crippen molar-refractivity contribution in [2.24, 2.45) is 0 Å². The molecule has 3 aromatic rings. The molecule has 0 saturated carbocycles. The molecule has 0 amide bonds. The number of nitrogens with zero attached hydrogens (tertiary/aromatic N) is 4. The van der Waals surface area contributed by atoms with E-state index in [0.29, 0.717) is 17.3 Å². The van der Waals surface area contributed by atoms with Crippen molar-refractivity contribution >= 4 is 11.5 Å². The standard InChI is InChI=1S/C12H15N7O/c1-8-16-10(7-11-17-18-12(20)19(8)11)13-4-2-3-9-14-5-6-15-9/h5-7,13H,2-4H2,1H3,(H,14,15)(H,18,20). The molecule has 8 nitrogen and oxygen atoms in total. The first-order valence-corrected chi connectivity index (χ1v) is 6.41. The molecule has 0 atom stereocenters. The summed E-state index contributed by atoms with van der Waals surface area (Å²) in [6.45, 7) is 2.55. The van der Waals surface area contributed by atoms with Gasteiger partial charge in [0.15, 0.2) is 5.65 Å². The van der Waals surface area contributed by atoms with Crippen LogP contribution in [0.25, 0.3) is 5.65 Å². The third-order valence-corrected chi connectivity index (χ3v) is 3.02. The van der Waals surface area contributed by atoms with Crippen LogP contribution in [0.2, 0.25) is 0 Å². The Kier molecular flexibility index (Phi) is 3.20. The van der Waals surface area contributed by atoms with Crippen molar-refractivity contribution in [1.82, 2.24) is 29.5 Å². The summed E-state index contributed by atoms with van der Waals surface area (Å²) in [5.74, 6) is 2.30. The van der Waals surface area contributed by atoms with Crippen LogP contribution in [0.15, 0.2) is 23.3 Å². The van der Waals surface area contributed by atoms with Crippen LogP contribution in [0, 0.1) is 6.92 Å². The molecule has 0 bridgehead atoms. The number of aryl methyl sites for hydroxylation is 2. The second-order valence-corrected chi connectivity index (χ2v) is 4.48. The number of H-pyrrole nitrogens is 2. The molecule has 3 rings (SSSR count). The van der Waals surface area contributed by atoms with E-state index in [2.05, 4.69) is 30.5 Å². The van der Waals surface area contributed by atoms with Gasteiger partial charge in [0, 0.05) is 31.4 Å². The van der Waals surface area contributed by atoms with Crippen LogP contribution in [0.4, 0.5) is 5.82 Å². The van der Waals surface area contributed by atoms with Crippen LogP contribution in [-0.2, 0) is 6.42 Å². The van der Waals surface area contributed by atoms with Gasteiger partial charge >= 0.3 is 5.69 Å². The molecule has 104 valence electrons. The Morgan fingerprint density at radius 3 is 3.15 bits per heavy atom. The number of fused-ring (bicyclic) bond motifs is 1. The second kappa shape index (κ2) is 5.16. The van der Waals surface area contributed by atoms with E-state index in [1.54, 1.807) is 19.2 Å². The average Bonchev–Trinajstić information content (AvgIpc) is 3.05. The number of anilines is 1. The van der Waals surface area contributed by atoms with Crippen molar-refractivity contribution in [2.75, 3.05) is 11.9 Å². The van der Waals surface area contributed by atoms with Crippen molar-refractivity contribution < 1.29 is 0 Å². The fourth-order valence-corrected chi connectivity index (χ4v) is 2.10. The quantitative estimate of drug-likeness (QED) is 0.587. The number of aromatic amines is 2. The van der Waals surface area contributed by atoms with Crippen molar-refractivity contribution in [3.05, 3.63) is 40.6 Å². The smallest absolute Gasteiger partial charge is 0.349 e. The van der Waals surface area contributed by atoms with Gasteiger partial charge in [-0.25, -0.2) is 24.3 Å². The third-order valence-electron chi connectivity index (χ3n) is 3.02. The van der Waals surface area contributed by atoms with Crippen LogP contribution in [-0.4, -0.2) is 36.1 Å². The first-order valence-electron chi connectivity index (χ1n) is 6.41. The molecule has 8 heteroatoms. The maximum Gasteiger partial charge on any atom is 0.349 e. The van der Waals surface area contributed by atoms with Gasteiger partial charge < -0.3 is 10.3 Å². The molecule has 0 radical (unpaired) electrons. The van der Waals surface area contributed by atoms with Crippen LogP contribution >= 0.6 is 0 Å². The largest absolute Gasteiger partial charge is 0.370 e. The van der Waals surface area contributed by atoms with E-state index in [-0.39, 0.29) is 5.69 Å². The first-order chi connectivity index (χ1) is 9.74. The maximum atomic E-state index is 11.5. The molecular weight excluding hydrogens is 258 g/mol. The normalized spacial score (nSPS) is 11.1. The minimum atomic E-state index is -0.269. The lowest BCUT2D eigenvalue weighted by molar-refractivity contribution is 0.811. The zero-order chi connectivity index (χ0) is 13.9. The Labute approximate surface area is 114 Å². The fourth-order valence-electron chi connectivity index (χ4n) is 2.10. The minimum absolute atomic E-state index is 0.269. The van der Waals surface area contributed by atoms with Crippen LogP contribution in [0.1, 0.15) is 18.1 Å². The summed E-state index contributed by atoms with van der Waals surface area (Å²) in [6, 6.07) is 1.75. The molecule has 20 heavy (non-hydrogen) atoms. The summed E-state index contributed by atoms with van der Waals surface area (Å²) in [5, 5.41) is 9.57. The van der Waals surface area contributed by atoms with Gasteiger partial charge in [0.05, 0.1) is 0 Å². The second-order valence-electron chi connectivity index (χ2n) is 4.48. The number of hydrogen-bond donors (Lipinski definition) is 3. The minimum Gasteiger partial charge on any atom is -0.370 e. The van der Waals surface area contributed by atoms with Gasteiger partial charge in [0.1, 0.15) is 17.5 Å². The van der Waals surface area contributed by atoms with Gasteiger partial charge in [0.25, 0.3) is 0 Å². The highest BCUT2D eigenvalue weighted by Gasteiger charge is 2.06. The predicted molar refractivity (Wildman–Crippen MR) is 73.7 cm³/mol. The summed E-state index contributed by atoms with van der Waals surface area (Å²) in [7, 11) is 0. The van der Waals surface area contributed by atoms with Gasteiger partial charge in [-0.05, 0) is 13.3 Å². The lowest BCUT2D eigenvalue weighted by Gasteiger charge is -2.06. The zero-order valence-corrected chi connectivity index (χ0v) is 11.1. The molecule has 0 aliphatic rings. The molecule has 0 aliphatic carbocycles. The Balaban J connectivity index is 1.64. The van der Waals surface area contributed by atoms with Gasteiger partial charge in [-0.3, -0.25) is 0 Å². The van der Waals surface area contributed by atoms with Crippen LogP contribution in [0.5, 0.6) is 0 Å². The van der Waals surface area contributed by atoms with Gasteiger partial charge in [-0.1, -0.05) is 0 Å². The van der Waals surface area contributed by atoms with E-state index in [1.165, 1.54) is 4.40 Å². The average molecular weight is 273 g/mol. The number of rotatable bonds is 5. The highest BCUT2D eigenvalue weighted by molar-refractivity contribution is 5.49. The Morgan fingerprint density at radius 2 is 2.35 bits per heavy atom. The molecule has 0 aliphatic heterocycles. The lowest BCUT2D eigenvalue weighted by atomic mass is 10.3. The maximum absolute atomic E-state index is 11.5. The molecule has 3 aromatic heterocycles. The summed E-state index contributed by atoms with van der Waals surface area (Å²) in [6.07, 6.45) is 5.38. The SMILES string of the molecule is Cc1nc(NCCCc2ncc[nH]2)cc2n[nH]c(=O)n12. The highest BCUT2D eigenvalue weighted by atomic mass is 16.1. The summed E-state index contributed by atoms with van der Waals surface area (Å²) in [4.78, 5) is 23.0. The van der Waals surface area contributed by atoms with Crippen LogP contribution in [0.3, 0.4) is 0 Å². The molecule has 0 aromatic carbocycles. The van der Waals surface area contributed by atoms with Crippen molar-refractivity contribution in [2.45, 2.75) is 19.8 Å². The first kappa shape index (κ1) is 12.4. The van der Waals surface area contributed by atoms with E-state index in [4.69, 9.17) is 0 Å². The lowest BCUT2D eigenvalue weighted by Crippen LogP contribution is -2.14. The number of nitrogens with one attached hydrogen (secondary N) is 3. The molecule has 0 unspecified atom stereocenters. The fraction of sp³-hybridized carbons (Fsp3) is 0.333. The monoisotopic (exact) mass is 273 g/mol. The van der Waals surface area contributed by atoms with Gasteiger partial charge in [0.2, 0.25) is 0 Å². The van der Waals surface area contributed by atoms with Crippen molar-refractivity contribution in [1.29, 1.82) is 0 Å². The van der Waals surface area contributed by atoms with Gasteiger partial charge in [-0.2, -0.15) is 5.10 Å². The van der Waals surface area contributed by atoms with Gasteiger partial charge in [-0.15, -0.1) is 0 Å². The molecule has 0 spiro atoms. The Morgan fingerprint density at radius 1 is 1.45 bits per heavy atom. The molecule has 3 N–H and O–H groups in total. The molecule has 3 heterocycles. The molecule has 0 fully saturated rings. The number of imidazole rings is 1. The third kappa shape index (κ3) is 2.40. The Hall–Kier alpha value is -2.64. The number of aromatic nitrogens is 6. The topological polar surface area (TPSA) is 104 Å². The predicted octanol–water partition coefficient (Wildman–Crippen LogP) is 0.494. The van der Waals surface area contributed by atoms with Crippen molar-refractivity contribution in [3.8, 4) is 0 Å². The summed E-state index contributed by atoms with van der Waals surface area (Å²) in [5.41, 5.74) is 0.297. The van der Waals surface area contributed by atoms with Crippen molar-refractivity contribution in [3.63, 3.8) is 0 Å². The van der Waals surface area contributed by atoms with E-state index in [1.807, 2.05) is 6.20 Å². The molecular formula is C12H15N7O. The summed E-state index contributed by atoms with van der Waals surface area (Å²) < 4.78 is 1.44. The summed E-state index contributed by atoms with van der Waals surface area (Å²) >= 11 is 0.